The van der Waals surface area contributed by atoms with E-state index >= 15 is 0 Å². The third-order valence-electron chi connectivity index (χ3n) is 6.78. The van der Waals surface area contributed by atoms with Crippen LogP contribution in [0.1, 0.15) is 27.8 Å². The number of hydrogen-bond donors (Lipinski definition) is 1. The minimum Gasteiger partial charge on any atom is -0.493 e. The fourth-order valence-corrected chi connectivity index (χ4v) is 4.92. The van der Waals surface area contributed by atoms with Crippen molar-refractivity contribution in [1.82, 2.24) is 0 Å². The van der Waals surface area contributed by atoms with Gasteiger partial charge in [-0.2, -0.15) is 0 Å². The van der Waals surface area contributed by atoms with Crippen molar-refractivity contribution < 1.29 is 28.3 Å². The van der Waals surface area contributed by atoms with Gasteiger partial charge < -0.3 is 23.4 Å². The maximum Gasteiger partial charge on any atom is 0.340 e. The van der Waals surface area contributed by atoms with Gasteiger partial charge in [-0.15, -0.1) is 0 Å². The van der Waals surface area contributed by atoms with Crippen molar-refractivity contribution in [3.63, 3.8) is 0 Å². The molecule has 7 heteroatoms. The van der Waals surface area contributed by atoms with Gasteiger partial charge in [0.25, 0.3) is 0 Å². The van der Waals surface area contributed by atoms with Crippen LogP contribution >= 0.6 is 0 Å². The lowest BCUT2D eigenvalue weighted by Crippen LogP contribution is -3.10. The van der Waals surface area contributed by atoms with Gasteiger partial charge in [0.2, 0.25) is 12.5 Å². The van der Waals surface area contributed by atoms with Crippen molar-refractivity contribution in [2.24, 2.45) is 0 Å². The molecule has 0 saturated heterocycles. The molecule has 1 N–H and O–H groups in total. The highest BCUT2D eigenvalue weighted by molar-refractivity contribution is 5.86. The van der Waals surface area contributed by atoms with Gasteiger partial charge in [0, 0.05) is 22.9 Å². The number of benzene rings is 3. The minimum absolute atomic E-state index is 0.297. The Morgan fingerprint density at radius 2 is 1.64 bits per heavy atom. The summed E-state index contributed by atoms with van der Waals surface area (Å²) in [5, 5.41) is 0.942. The number of hydrogen-bond acceptors (Lipinski definition) is 6. The third kappa shape index (κ3) is 4.38. The van der Waals surface area contributed by atoms with E-state index in [1.54, 1.807) is 21.3 Å². The van der Waals surface area contributed by atoms with E-state index in [1.165, 1.54) is 0 Å². The van der Waals surface area contributed by atoms with Crippen LogP contribution in [-0.2, 0) is 19.5 Å². The molecule has 36 heavy (non-hydrogen) atoms. The third-order valence-corrected chi connectivity index (χ3v) is 6.78. The van der Waals surface area contributed by atoms with Crippen LogP contribution < -0.4 is 29.5 Å². The monoisotopic (exact) mass is 488 g/mol. The second-order valence-corrected chi connectivity index (χ2v) is 9.00. The summed E-state index contributed by atoms with van der Waals surface area (Å²) in [7, 11) is 4.81. The summed E-state index contributed by atoms with van der Waals surface area (Å²) in [5.41, 5.74) is 4.95. The Kier molecular flexibility index (Phi) is 6.57. The summed E-state index contributed by atoms with van der Waals surface area (Å²) >= 11 is 0. The first-order valence-corrected chi connectivity index (χ1v) is 11.9. The molecule has 5 rings (SSSR count). The number of fused-ring (bicyclic) bond motifs is 3. The van der Waals surface area contributed by atoms with E-state index in [0.717, 1.165) is 38.3 Å². The van der Waals surface area contributed by atoms with E-state index in [1.807, 2.05) is 61.5 Å². The molecular weight excluding hydrogens is 458 g/mol. The highest BCUT2D eigenvalue weighted by Gasteiger charge is 2.27. The van der Waals surface area contributed by atoms with Crippen molar-refractivity contribution in [3.05, 3.63) is 92.8 Å². The molecule has 0 bridgehead atoms. The first kappa shape index (κ1) is 23.8. The van der Waals surface area contributed by atoms with Crippen LogP contribution in [0, 0.1) is 6.92 Å². The van der Waals surface area contributed by atoms with Gasteiger partial charge in [-0.1, -0.05) is 30.3 Å². The van der Waals surface area contributed by atoms with Crippen LogP contribution in [0.4, 0.5) is 0 Å². The summed E-state index contributed by atoms with van der Waals surface area (Å²) in [6.45, 7) is 3.81. The van der Waals surface area contributed by atoms with Crippen LogP contribution in [-0.4, -0.2) is 28.1 Å². The largest absolute Gasteiger partial charge is 0.493 e. The number of ether oxygens (including phenoxy) is 4. The van der Waals surface area contributed by atoms with Crippen LogP contribution in [0.15, 0.2) is 63.8 Å². The fraction of sp³-hybridized carbons (Fsp3) is 0.276. The molecule has 1 atom stereocenters. The van der Waals surface area contributed by atoms with Crippen LogP contribution in [0.25, 0.3) is 11.0 Å². The van der Waals surface area contributed by atoms with Crippen LogP contribution in [0.2, 0.25) is 0 Å². The second-order valence-electron chi connectivity index (χ2n) is 9.00. The maximum atomic E-state index is 13.1. The quantitative estimate of drug-likeness (QED) is 0.401. The van der Waals surface area contributed by atoms with E-state index in [-0.39, 0.29) is 5.63 Å². The van der Waals surface area contributed by atoms with Crippen molar-refractivity contribution in [2.75, 3.05) is 28.1 Å². The average Bonchev–Trinajstić information content (AvgIpc) is 2.91. The van der Waals surface area contributed by atoms with Crippen molar-refractivity contribution in [3.8, 4) is 23.0 Å². The molecule has 0 saturated carbocycles. The van der Waals surface area contributed by atoms with Gasteiger partial charge in [-0.3, -0.25) is 4.90 Å². The topological polar surface area (TPSA) is 71.6 Å². The number of aryl methyl sites for hydroxylation is 1. The number of nitrogens with one attached hydrogen (secondary N) is 1. The summed E-state index contributed by atoms with van der Waals surface area (Å²) < 4.78 is 28.5. The first-order chi connectivity index (χ1) is 17.5. The second kappa shape index (κ2) is 9.95. The lowest BCUT2D eigenvalue weighted by Gasteiger charge is -2.27. The standard InChI is InChI=1S/C29H29NO6/c1-18-21-10-11-24-23(27(21)36-29(31)22(18)12-19-8-6-5-7-9-19)16-30(17-35-24)15-20-13-25(32-2)28(34-4)26(14-20)33-3/h5-11,13-14H,12,15-17H2,1-4H3/p+1. The Hall–Kier alpha value is -3.97. The predicted octanol–water partition coefficient (Wildman–Crippen LogP) is 3.65. The number of rotatable bonds is 7. The molecule has 0 aliphatic carbocycles. The Bertz CT molecular complexity index is 1440. The lowest BCUT2D eigenvalue weighted by molar-refractivity contribution is -0.945. The van der Waals surface area contributed by atoms with E-state index in [0.29, 0.717) is 54.6 Å². The molecule has 2 heterocycles. The van der Waals surface area contributed by atoms with E-state index in [9.17, 15) is 4.79 Å². The molecule has 4 aromatic rings. The predicted molar refractivity (Wildman–Crippen MR) is 136 cm³/mol. The Balaban J connectivity index is 1.47. The molecule has 0 amide bonds. The van der Waals surface area contributed by atoms with E-state index < -0.39 is 0 Å². The van der Waals surface area contributed by atoms with Gasteiger partial charge in [-0.05, 0) is 42.3 Å². The first-order valence-electron chi connectivity index (χ1n) is 11.9. The molecule has 3 aromatic carbocycles. The summed E-state index contributed by atoms with van der Waals surface area (Å²) in [4.78, 5) is 14.2. The Morgan fingerprint density at radius 1 is 0.917 bits per heavy atom. The summed E-state index contributed by atoms with van der Waals surface area (Å²) in [6, 6.07) is 17.8. The molecule has 1 unspecified atom stereocenters. The normalized spacial score (nSPS) is 14.7. The van der Waals surface area contributed by atoms with Gasteiger partial charge in [0.1, 0.15) is 18.8 Å². The van der Waals surface area contributed by atoms with Crippen molar-refractivity contribution in [1.29, 1.82) is 0 Å². The molecule has 0 radical (unpaired) electrons. The zero-order chi connectivity index (χ0) is 25.2. The number of methoxy groups -OCH3 is 3. The Morgan fingerprint density at radius 3 is 2.31 bits per heavy atom. The van der Waals surface area contributed by atoms with Gasteiger partial charge in [0.15, 0.2) is 17.1 Å². The lowest BCUT2D eigenvalue weighted by atomic mass is 9.97. The molecule has 186 valence electrons. The van der Waals surface area contributed by atoms with Crippen molar-refractivity contribution >= 4 is 11.0 Å². The molecule has 1 aromatic heterocycles. The molecule has 0 spiro atoms. The van der Waals surface area contributed by atoms with E-state index in [4.69, 9.17) is 23.4 Å². The Labute approximate surface area is 209 Å². The van der Waals surface area contributed by atoms with Crippen LogP contribution in [0.3, 0.4) is 0 Å². The summed E-state index contributed by atoms with van der Waals surface area (Å²) in [6.07, 6.45) is 0.539. The smallest absolute Gasteiger partial charge is 0.340 e. The fourth-order valence-electron chi connectivity index (χ4n) is 4.92. The zero-order valence-corrected chi connectivity index (χ0v) is 21.0. The maximum absolute atomic E-state index is 13.1. The van der Waals surface area contributed by atoms with Crippen LogP contribution in [0.5, 0.6) is 23.0 Å². The van der Waals surface area contributed by atoms with Crippen molar-refractivity contribution in [2.45, 2.75) is 26.4 Å². The zero-order valence-electron chi connectivity index (χ0n) is 21.0. The molecule has 0 fully saturated rings. The summed E-state index contributed by atoms with van der Waals surface area (Å²) in [5.74, 6) is 2.55. The minimum atomic E-state index is -0.297. The molecule has 7 nitrogen and oxygen atoms in total. The molecule has 1 aliphatic heterocycles. The molecular formula is C29H30NO6+. The SMILES string of the molecule is COc1cc(C[NH+]2COc3ccc4c(C)c(Cc5ccccc5)c(=O)oc4c3C2)cc(OC)c1OC. The van der Waals surface area contributed by atoms with Gasteiger partial charge in [-0.25, -0.2) is 4.79 Å². The van der Waals surface area contributed by atoms with Gasteiger partial charge in [0.05, 0.1) is 26.9 Å². The van der Waals surface area contributed by atoms with Gasteiger partial charge >= 0.3 is 5.63 Å². The molecule has 1 aliphatic rings. The number of quaternary nitrogens is 1. The van der Waals surface area contributed by atoms with E-state index in [2.05, 4.69) is 0 Å². The average molecular weight is 489 g/mol. The highest BCUT2D eigenvalue weighted by atomic mass is 16.5. The highest BCUT2D eigenvalue weighted by Crippen LogP contribution is 2.38.